The Hall–Kier alpha value is -2.08. The van der Waals surface area contributed by atoms with Crippen LogP contribution in [0.3, 0.4) is 0 Å². The Morgan fingerprint density at radius 2 is 1.88 bits per heavy atom. The smallest absolute Gasteiger partial charge is 0.309 e. The third kappa shape index (κ3) is 4.95. The predicted molar refractivity (Wildman–Crippen MR) is 93.6 cm³/mol. The Balaban J connectivity index is 2.02. The first-order valence-corrected chi connectivity index (χ1v) is 8.81. The maximum Gasteiger partial charge on any atom is 0.309 e. The number of piperidine rings is 1. The van der Waals surface area contributed by atoms with Crippen LogP contribution in [0.25, 0.3) is 0 Å². The van der Waals surface area contributed by atoms with Crippen LogP contribution >= 0.6 is 0 Å². The molecular formula is C19H27NO5. The van der Waals surface area contributed by atoms with Crippen molar-refractivity contribution < 1.29 is 23.8 Å². The van der Waals surface area contributed by atoms with E-state index in [2.05, 4.69) is 0 Å². The van der Waals surface area contributed by atoms with E-state index in [0.717, 1.165) is 5.56 Å². The van der Waals surface area contributed by atoms with E-state index in [1.54, 1.807) is 31.1 Å². The molecule has 2 rings (SSSR count). The first-order chi connectivity index (χ1) is 12.1. The van der Waals surface area contributed by atoms with Crippen LogP contribution < -0.4 is 4.74 Å². The fraction of sp³-hybridized carbons (Fsp3) is 0.579. The second-order valence-electron chi connectivity index (χ2n) is 5.98. The predicted octanol–water partition coefficient (Wildman–Crippen LogP) is 2.65. The van der Waals surface area contributed by atoms with E-state index in [9.17, 15) is 9.59 Å². The number of hydrogen-bond acceptors (Lipinski definition) is 5. The molecule has 0 unspecified atom stereocenters. The third-order valence-corrected chi connectivity index (χ3v) is 4.39. The molecule has 1 aromatic carbocycles. The van der Waals surface area contributed by atoms with Gasteiger partial charge in [0, 0.05) is 30.8 Å². The van der Waals surface area contributed by atoms with Gasteiger partial charge in [0.25, 0.3) is 5.91 Å². The van der Waals surface area contributed by atoms with Gasteiger partial charge in [0.05, 0.1) is 26.2 Å². The van der Waals surface area contributed by atoms with Crippen LogP contribution in [-0.2, 0) is 20.9 Å². The van der Waals surface area contributed by atoms with Gasteiger partial charge in [0.15, 0.2) is 0 Å². The van der Waals surface area contributed by atoms with Crippen molar-refractivity contribution in [2.24, 2.45) is 5.92 Å². The highest BCUT2D eigenvalue weighted by Crippen LogP contribution is 2.24. The fourth-order valence-electron chi connectivity index (χ4n) is 3.00. The Morgan fingerprint density at radius 1 is 1.16 bits per heavy atom. The molecule has 0 bridgehead atoms. The second kappa shape index (κ2) is 9.42. The molecule has 6 heteroatoms. The van der Waals surface area contributed by atoms with Crippen molar-refractivity contribution >= 4 is 11.9 Å². The summed E-state index contributed by atoms with van der Waals surface area (Å²) in [6.45, 7) is 6.26. The van der Waals surface area contributed by atoms with Crippen molar-refractivity contribution in [3.63, 3.8) is 0 Å². The molecule has 1 fully saturated rings. The molecule has 0 saturated carbocycles. The molecule has 0 spiro atoms. The number of benzene rings is 1. The van der Waals surface area contributed by atoms with Gasteiger partial charge in [-0.05, 0) is 44.9 Å². The summed E-state index contributed by atoms with van der Waals surface area (Å²) in [6, 6.07) is 5.40. The molecule has 0 aromatic heterocycles. The number of carbonyl (C=O) groups is 2. The molecule has 0 aliphatic carbocycles. The molecule has 1 aromatic rings. The van der Waals surface area contributed by atoms with Crippen molar-refractivity contribution in [2.75, 3.05) is 33.4 Å². The molecule has 25 heavy (non-hydrogen) atoms. The lowest BCUT2D eigenvalue weighted by Crippen LogP contribution is -2.40. The highest BCUT2D eigenvalue weighted by atomic mass is 16.5. The number of carbonyl (C=O) groups excluding carboxylic acids is 2. The number of methoxy groups -OCH3 is 1. The van der Waals surface area contributed by atoms with Crippen LogP contribution in [0.4, 0.5) is 0 Å². The van der Waals surface area contributed by atoms with E-state index >= 15 is 0 Å². The van der Waals surface area contributed by atoms with E-state index in [-0.39, 0.29) is 17.8 Å². The zero-order valence-electron chi connectivity index (χ0n) is 15.2. The molecule has 1 heterocycles. The number of rotatable bonds is 7. The van der Waals surface area contributed by atoms with E-state index < -0.39 is 0 Å². The largest absolute Gasteiger partial charge is 0.496 e. The zero-order valence-corrected chi connectivity index (χ0v) is 15.2. The van der Waals surface area contributed by atoms with Crippen molar-refractivity contribution in [2.45, 2.75) is 33.3 Å². The Morgan fingerprint density at radius 3 is 2.48 bits per heavy atom. The molecule has 0 radical (unpaired) electrons. The summed E-state index contributed by atoms with van der Waals surface area (Å²) in [5.74, 6) is 0.431. The van der Waals surface area contributed by atoms with Crippen LogP contribution in [0.2, 0.25) is 0 Å². The molecule has 6 nitrogen and oxygen atoms in total. The van der Waals surface area contributed by atoms with Crippen molar-refractivity contribution in [1.82, 2.24) is 4.90 Å². The van der Waals surface area contributed by atoms with Crippen molar-refractivity contribution in [3.8, 4) is 5.75 Å². The number of esters is 1. The zero-order chi connectivity index (χ0) is 18.2. The summed E-state index contributed by atoms with van der Waals surface area (Å²) in [4.78, 5) is 26.4. The highest BCUT2D eigenvalue weighted by molar-refractivity contribution is 5.94. The fourth-order valence-corrected chi connectivity index (χ4v) is 3.00. The normalized spacial score (nSPS) is 15.1. The highest BCUT2D eigenvalue weighted by Gasteiger charge is 2.28. The van der Waals surface area contributed by atoms with Gasteiger partial charge in [-0.1, -0.05) is 0 Å². The standard InChI is InChI=1S/C19H27NO5/c1-4-24-13-16-12-15(6-7-17(16)23-3)18(21)20-10-8-14(9-11-20)19(22)25-5-2/h6-7,12,14H,4-5,8-11,13H2,1-3H3. The molecule has 1 saturated heterocycles. The summed E-state index contributed by atoms with van der Waals surface area (Å²) in [5.41, 5.74) is 1.47. The lowest BCUT2D eigenvalue weighted by atomic mass is 9.96. The topological polar surface area (TPSA) is 65.1 Å². The van der Waals surface area contributed by atoms with Crippen LogP contribution in [0.1, 0.15) is 42.6 Å². The van der Waals surface area contributed by atoms with Gasteiger partial charge in [-0.3, -0.25) is 9.59 Å². The van der Waals surface area contributed by atoms with Gasteiger partial charge in [0.1, 0.15) is 5.75 Å². The Kier molecular flexibility index (Phi) is 7.25. The second-order valence-corrected chi connectivity index (χ2v) is 5.98. The average molecular weight is 349 g/mol. The van der Waals surface area contributed by atoms with Gasteiger partial charge in [-0.25, -0.2) is 0 Å². The lowest BCUT2D eigenvalue weighted by molar-refractivity contribution is -0.149. The SMILES string of the molecule is CCOCc1cc(C(=O)N2CCC(C(=O)OCC)CC2)ccc1OC. The van der Waals surface area contributed by atoms with Gasteiger partial charge in [0.2, 0.25) is 0 Å². The molecule has 1 aliphatic rings. The van der Waals surface area contributed by atoms with E-state index in [0.29, 0.717) is 57.1 Å². The minimum Gasteiger partial charge on any atom is -0.496 e. The summed E-state index contributed by atoms with van der Waals surface area (Å²) in [6.07, 6.45) is 1.29. The maximum atomic E-state index is 12.8. The third-order valence-electron chi connectivity index (χ3n) is 4.39. The first kappa shape index (κ1) is 19.2. The van der Waals surface area contributed by atoms with Gasteiger partial charge in [-0.15, -0.1) is 0 Å². The number of amides is 1. The molecule has 1 amide bonds. The Bertz CT molecular complexity index is 593. The lowest BCUT2D eigenvalue weighted by Gasteiger charge is -2.31. The molecular weight excluding hydrogens is 322 g/mol. The number of likely N-dealkylation sites (tertiary alicyclic amines) is 1. The van der Waals surface area contributed by atoms with E-state index in [4.69, 9.17) is 14.2 Å². The van der Waals surface area contributed by atoms with Crippen LogP contribution in [0.15, 0.2) is 18.2 Å². The summed E-state index contributed by atoms with van der Waals surface area (Å²) < 4.78 is 15.8. The van der Waals surface area contributed by atoms with Crippen molar-refractivity contribution in [3.05, 3.63) is 29.3 Å². The van der Waals surface area contributed by atoms with E-state index in [1.807, 2.05) is 13.0 Å². The van der Waals surface area contributed by atoms with Crippen LogP contribution in [0, 0.1) is 5.92 Å². The number of nitrogens with zero attached hydrogens (tertiary/aromatic N) is 1. The van der Waals surface area contributed by atoms with Crippen molar-refractivity contribution in [1.29, 1.82) is 0 Å². The van der Waals surface area contributed by atoms with Gasteiger partial charge >= 0.3 is 5.97 Å². The van der Waals surface area contributed by atoms with Gasteiger partial charge in [-0.2, -0.15) is 0 Å². The molecule has 0 N–H and O–H groups in total. The molecule has 1 aliphatic heterocycles. The summed E-state index contributed by atoms with van der Waals surface area (Å²) in [7, 11) is 1.60. The molecule has 138 valence electrons. The number of hydrogen-bond donors (Lipinski definition) is 0. The van der Waals surface area contributed by atoms with E-state index in [1.165, 1.54) is 0 Å². The monoisotopic (exact) mass is 349 g/mol. The maximum absolute atomic E-state index is 12.8. The average Bonchev–Trinajstić information content (AvgIpc) is 2.65. The first-order valence-electron chi connectivity index (χ1n) is 8.81. The Labute approximate surface area is 149 Å². The quantitative estimate of drug-likeness (QED) is 0.708. The summed E-state index contributed by atoms with van der Waals surface area (Å²) >= 11 is 0. The van der Waals surface area contributed by atoms with Crippen LogP contribution in [0.5, 0.6) is 5.75 Å². The van der Waals surface area contributed by atoms with Gasteiger partial charge < -0.3 is 19.1 Å². The minimum absolute atomic E-state index is 0.0253. The van der Waals surface area contributed by atoms with Crippen LogP contribution in [-0.4, -0.2) is 50.2 Å². The minimum atomic E-state index is -0.155. The summed E-state index contributed by atoms with van der Waals surface area (Å²) in [5, 5.41) is 0. The number of ether oxygens (including phenoxy) is 3. The molecule has 0 atom stereocenters.